The second-order valence-corrected chi connectivity index (χ2v) is 1.04. The first-order valence-corrected chi connectivity index (χ1v) is 1.93. The molecule has 0 aromatic carbocycles. The summed E-state index contributed by atoms with van der Waals surface area (Å²) in [5.41, 5.74) is 0. The lowest BCUT2D eigenvalue weighted by Crippen LogP contribution is -1.88. The highest BCUT2D eigenvalue weighted by Gasteiger charge is 1.81. The van der Waals surface area contributed by atoms with Gasteiger partial charge in [0, 0.05) is 6.08 Å². The van der Waals surface area contributed by atoms with Gasteiger partial charge in [-0.1, -0.05) is 0 Å². The highest BCUT2D eigenvalue weighted by atomic mass is 17.1. The molecule has 0 atom stereocenters. The van der Waals surface area contributed by atoms with Crippen LogP contribution in [0.2, 0.25) is 0 Å². The lowest BCUT2D eigenvalue weighted by atomic mass is 10.5. The van der Waals surface area contributed by atoms with Crippen LogP contribution in [-0.2, 0) is 9.68 Å². The molecule has 4 nitrogen and oxygen atoms in total. The van der Waals surface area contributed by atoms with Gasteiger partial charge in [-0.25, -0.2) is 9.68 Å². The van der Waals surface area contributed by atoms with E-state index < -0.39 is 5.97 Å². The molecular formula is C4H6O4. The zero-order valence-corrected chi connectivity index (χ0v) is 4.07. The van der Waals surface area contributed by atoms with E-state index in [4.69, 9.17) is 10.4 Å². The largest absolute Gasteiger partial charge is 0.478 e. The topological polar surface area (TPSA) is 66.8 Å². The van der Waals surface area contributed by atoms with E-state index in [0.29, 0.717) is 0 Å². The summed E-state index contributed by atoms with van der Waals surface area (Å²) in [4.78, 5) is 13.2. The minimum absolute atomic E-state index is 0.0910. The first-order valence-electron chi connectivity index (χ1n) is 1.93. The van der Waals surface area contributed by atoms with Crippen LogP contribution in [0, 0.1) is 0 Å². The summed E-state index contributed by atoms with van der Waals surface area (Å²) in [6, 6.07) is 0. The molecule has 0 heterocycles. The van der Waals surface area contributed by atoms with Crippen molar-refractivity contribution in [2.45, 2.75) is 0 Å². The van der Waals surface area contributed by atoms with Crippen LogP contribution in [-0.4, -0.2) is 22.9 Å². The highest BCUT2D eigenvalue weighted by Crippen LogP contribution is 1.72. The van der Waals surface area contributed by atoms with Crippen molar-refractivity contribution in [2.75, 3.05) is 6.61 Å². The maximum Gasteiger partial charge on any atom is 0.328 e. The molecule has 0 aromatic rings. The minimum Gasteiger partial charge on any atom is -0.478 e. The standard InChI is InChI=1S/C4H6O4/c5-4(6)2-1-3-8-7/h1-2,7H,3H2,(H,5,6). The first kappa shape index (κ1) is 7.13. The van der Waals surface area contributed by atoms with Crippen LogP contribution in [0.1, 0.15) is 0 Å². The minimum atomic E-state index is -1.05. The molecule has 0 aliphatic rings. The molecule has 0 amide bonds. The molecule has 46 valence electrons. The monoisotopic (exact) mass is 118 g/mol. The Labute approximate surface area is 45.9 Å². The Kier molecular flexibility index (Phi) is 3.83. The summed E-state index contributed by atoms with van der Waals surface area (Å²) in [6.45, 7) is -0.0910. The van der Waals surface area contributed by atoms with Crippen LogP contribution in [0.4, 0.5) is 0 Å². The smallest absolute Gasteiger partial charge is 0.328 e. The Morgan fingerprint density at radius 3 is 2.75 bits per heavy atom. The zero-order chi connectivity index (χ0) is 6.41. The third-order valence-corrected chi connectivity index (χ3v) is 0.431. The van der Waals surface area contributed by atoms with Gasteiger partial charge < -0.3 is 5.11 Å². The molecule has 0 saturated heterocycles. The van der Waals surface area contributed by atoms with Gasteiger partial charge in [-0.3, -0.25) is 5.26 Å². The predicted molar refractivity (Wildman–Crippen MR) is 25.4 cm³/mol. The van der Waals surface area contributed by atoms with E-state index in [1.54, 1.807) is 0 Å². The molecule has 0 bridgehead atoms. The summed E-state index contributed by atoms with van der Waals surface area (Å²) in [5.74, 6) is -1.05. The van der Waals surface area contributed by atoms with Gasteiger partial charge >= 0.3 is 5.97 Å². The van der Waals surface area contributed by atoms with Crippen molar-refractivity contribution >= 4 is 5.97 Å². The highest BCUT2D eigenvalue weighted by molar-refractivity contribution is 5.79. The zero-order valence-electron chi connectivity index (χ0n) is 4.07. The van der Waals surface area contributed by atoms with Crippen LogP contribution in [0.3, 0.4) is 0 Å². The molecule has 4 heteroatoms. The summed E-state index contributed by atoms with van der Waals surface area (Å²) in [5, 5.41) is 15.6. The van der Waals surface area contributed by atoms with Crippen LogP contribution in [0.15, 0.2) is 12.2 Å². The van der Waals surface area contributed by atoms with Crippen molar-refractivity contribution in [3.63, 3.8) is 0 Å². The summed E-state index contributed by atoms with van der Waals surface area (Å²) in [6.07, 6.45) is 2.07. The maximum atomic E-state index is 9.65. The number of hydrogen-bond donors (Lipinski definition) is 2. The van der Waals surface area contributed by atoms with E-state index >= 15 is 0 Å². The number of carbonyl (C=O) groups is 1. The Hall–Kier alpha value is -0.870. The van der Waals surface area contributed by atoms with Gasteiger partial charge in [0.15, 0.2) is 0 Å². The van der Waals surface area contributed by atoms with E-state index in [-0.39, 0.29) is 6.61 Å². The van der Waals surface area contributed by atoms with Gasteiger partial charge in [0.05, 0.1) is 0 Å². The average molecular weight is 118 g/mol. The molecule has 2 N–H and O–H groups in total. The Balaban J connectivity index is 3.20. The third-order valence-electron chi connectivity index (χ3n) is 0.431. The van der Waals surface area contributed by atoms with Crippen molar-refractivity contribution < 1.29 is 20.0 Å². The lowest BCUT2D eigenvalue weighted by molar-refractivity contribution is -0.231. The summed E-state index contributed by atoms with van der Waals surface area (Å²) in [7, 11) is 0. The Morgan fingerprint density at radius 2 is 2.38 bits per heavy atom. The van der Waals surface area contributed by atoms with Crippen molar-refractivity contribution in [3.05, 3.63) is 12.2 Å². The molecule has 0 fully saturated rings. The molecule has 0 aliphatic heterocycles. The molecular weight excluding hydrogens is 112 g/mol. The fourth-order valence-electron chi connectivity index (χ4n) is 0.192. The molecule has 8 heavy (non-hydrogen) atoms. The van der Waals surface area contributed by atoms with Gasteiger partial charge in [0.25, 0.3) is 0 Å². The first-order chi connectivity index (χ1) is 3.77. The number of hydrogen-bond acceptors (Lipinski definition) is 3. The molecule has 0 unspecified atom stereocenters. The van der Waals surface area contributed by atoms with Crippen molar-refractivity contribution in [1.29, 1.82) is 0 Å². The van der Waals surface area contributed by atoms with Gasteiger partial charge in [0.1, 0.15) is 6.61 Å². The van der Waals surface area contributed by atoms with E-state index in [2.05, 4.69) is 4.89 Å². The van der Waals surface area contributed by atoms with Crippen LogP contribution >= 0.6 is 0 Å². The maximum absolute atomic E-state index is 9.65. The fourth-order valence-corrected chi connectivity index (χ4v) is 0.192. The second kappa shape index (κ2) is 4.29. The van der Waals surface area contributed by atoms with E-state index in [1.165, 1.54) is 6.08 Å². The number of rotatable bonds is 3. The second-order valence-electron chi connectivity index (χ2n) is 1.04. The third kappa shape index (κ3) is 5.13. The quantitative estimate of drug-likeness (QED) is 0.313. The molecule has 0 aromatic heterocycles. The predicted octanol–water partition coefficient (Wildman–Crippen LogP) is 0.117. The summed E-state index contributed by atoms with van der Waals surface area (Å²) >= 11 is 0. The van der Waals surface area contributed by atoms with Crippen LogP contribution in [0.25, 0.3) is 0 Å². The fraction of sp³-hybridized carbons (Fsp3) is 0.250. The Bertz CT molecular complexity index is 96.2. The van der Waals surface area contributed by atoms with Crippen LogP contribution in [0.5, 0.6) is 0 Å². The van der Waals surface area contributed by atoms with Gasteiger partial charge in [-0.15, -0.1) is 0 Å². The van der Waals surface area contributed by atoms with Crippen molar-refractivity contribution in [1.82, 2.24) is 0 Å². The molecule has 0 radical (unpaired) electrons. The van der Waals surface area contributed by atoms with Gasteiger partial charge in [-0.2, -0.15) is 0 Å². The van der Waals surface area contributed by atoms with Crippen LogP contribution < -0.4 is 0 Å². The normalized spacial score (nSPS) is 10.1. The number of aliphatic carboxylic acids is 1. The molecule has 0 saturated carbocycles. The number of carboxylic acids is 1. The van der Waals surface area contributed by atoms with Gasteiger partial charge in [0.2, 0.25) is 0 Å². The van der Waals surface area contributed by atoms with Crippen molar-refractivity contribution in [2.24, 2.45) is 0 Å². The number of carboxylic acid groups (broad SMARTS) is 1. The molecule has 0 aliphatic carbocycles. The van der Waals surface area contributed by atoms with Gasteiger partial charge in [-0.05, 0) is 6.08 Å². The summed E-state index contributed by atoms with van der Waals surface area (Å²) < 4.78 is 0. The van der Waals surface area contributed by atoms with Crippen molar-refractivity contribution in [3.8, 4) is 0 Å². The van der Waals surface area contributed by atoms with E-state index in [0.717, 1.165) is 6.08 Å². The SMILES string of the molecule is O=C(O)C=CCOO. The average Bonchev–Trinajstić information content (AvgIpc) is 1.66. The van der Waals surface area contributed by atoms with E-state index in [1.807, 2.05) is 0 Å². The molecule has 0 spiro atoms. The van der Waals surface area contributed by atoms with E-state index in [9.17, 15) is 4.79 Å². The Morgan fingerprint density at radius 1 is 1.75 bits per heavy atom. The molecule has 0 rings (SSSR count). The lowest BCUT2D eigenvalue weighted by Gasteiger charge is -1.81.